The van der Waals surface area contributed by atoms with Gasteiger partial charge >= 0.3 is 0 Å². The minimum absolute atomic E-state index is 0.0200. The molecule has 1 nitrogen and oxygen atoms in total. The van der Waals surface area contributed by atoms with Crippen LogP contribution in [0.25, 0.3) is 0 Å². The van der Waals surface area contributed by atoms with Crippen LogP contribution in [0.4, 0.5) is 13.2 Å². The molecular weight excluding hydrogens is 295 g/mol. The summed E-state index contributed by atoms with van der Waals surface area (Å²) in [5.41, 5.74) is 1.16. The van der Waals surface area contributed by atoms with Gasteiger partial charge < -0.3 is 5.32 Å². The summed E-state index contributed by atoms with van der Waals surface area (Å²) in [6, 6.07) is 9.45. The third-order valence-corrected chi connectivity index (χ3v) is 4.05. The summed E-state index contributed by atoms with van der Waals surface area (Å²) in [4.78, 5) is 1.16. The van der Waals surface area contributed by atoms with Crippen LogP contribution in [0.15, 0.2) is 41.3 Å². The first-order valence-electron chi connectivity index (χ1n) is 6.52. The monoisotopic (exact) mass is 311 g/mol. The quantitative estimate of drug-likeness (QED) is 0.636. The Balaban J connectivity index is 2.03. The van der Waals surface area contributed by atoms with Crippen molar-refractivity contribution >= 4 is 11.8 Å². The molecule has 1 unspecified atom stereocenters. The molecular formula is C16H16F3NS. The molecule has 0 saturated carbocycles. The molecule has 0 saturated heterocycles. The third kappa shape index (κ3) is 4.02. The summed E-state index contributed by atoms with van der Waals surface area (Å²) in [5, 5.41) is 3.10. The topological polar surface area (TPSA) is 12.0 Å². The minimum Gasteiger partial charge on any atom is -0.306 e. The van der Waals surface area contributed by atoms with Crippen molar-refractivity contribution in [3.8, 4) is 0 Å². The van der Waals surface area contributed by atoms with Crippen molar-refractivity contribution in [3.63, 3.8) is 0 Å². The fraction of sp³-hybridized carbons (Fsp3) is 0.250. The molecule has 2 aromatic carbocycles. The molecule has 0 aliphatic carbocycles. The van der Waals surface area contributed by atoms with Crippen molar-refractivity contribution in [3.05, 3.63) is 65.0 Å². The fourth-order valence-electron chi connectivity index (χ4n) is 1.97. The highest BCUT2D eigenvalue weighted by molar-refractivity contribution is 7.98. The summed E-state index contributed by atoms with van der Waals surface area (Å²) in [6.07, 6.45) is 2.00. The van der Waals surface area contributed by atoms with Gasteiger partial charge in [0.15, 0.2) is 11.6 Å². The Labute approximate surface area is 126 Å². The Morgan fingerprint density at radius 3 is 2.24 bits per heavy atom. The Bertz CT molecular complexity index is 614. The molecule has 0 heterocycles. The lowest BCUT2D eigenvalue weighted by molar-refractivity contribution is 0.482. The van der Waals surface area contributed by atoms with E-state index >= 15 is 0 Å². The number of hydrogen-bond acceptors (Lipinski definition) is 2. The van der Waals surface area contributed by atoms with Crippen LogP contribution in [0.3, 0.4) is 0 Å². The summed E-state index contributed by atoms with van der Waals surface area (Å²) < 4.78 is 39.5. The van der Waals surface area contributed by atoms with Crippen molar-refractivity contribution < 1.29 is 13.2 Å². The molecule has 0 amide bonds. The van der Waals surface area contributed by atoms with Gasteiger partial charge in [-0.05, 0) is 36.9 Å². The lowest BCUT2D eigenvalue weighted by Crippen LogP contribution is -2.19. The number of thioether (sulfide) groups is 1. The second-order valence-corrected chi connectivity index (χ2v) is 5.61. The third-order valence-electron chi connectivity index (χ3n) is 3.30. The SMILES string of the molecule is CSc1ccc(C(C)NCc2cc(F)c(F)cc2F)cc1. The van der Waals surface area contributed by atoms with Crippen molar-refractivity contribution in [1.82, 2.24) is 5.32 Å². The van der Waals surface area contributed by atoms with Crippen molar-refractivity contribution in [1.29, 1.82) is 0 Å². The standard InChI is InChI=1S/C16H16F3NS/c1-10(11-3-5-13(21-2)6-4-11)20-9-12-7-15(18)16(19)8-14(12)17/h3-8,10,20H,9H2,1-2H3. The second kappa shape index (κ2) is 7.00. The number of halogens is 3. The first-order valence-corrected chi connectivity index (χ1v) is 7.74. The number of rotatable bonds is 5. The zero-order chi connectivity index (χ0) is 15.4. The van der Waals surface area contributed by atoms with Gasteiger partial charge in [-0.15, -0.1) is 11.8 Å². The zero-order valence-corrected chi connectivity index (χ0v) is 12.6. The van der Waals surface area contributed by atoms with Crippen LogP contribution in [0, 0.1) is 17.5 Å². The number of benzene rings is 2. The normalized spacial score (nSPS) is 12.4. The Kier molecular flexibility index (Phi) is 5.31. The van der Waals surface area contributed by atoms with Crippen LogP contribution in [0.2, 0.25) is 0 Å². The largest absolute Gasteiger partial charge is 0.306 e. The van der Waals surface area contributed by atoms with Crippen molar-refractivity contribution in [2.45, 2.75) is 24.4 Å². The molecule has 0 radical (unpaired) electrons. The van der Waals surface area contributed by atoms with E-state index in [-0.39, 0.29) is 18.2 Å². The van der Waals surface area contributed by atoms with E-state index < -0.39 is 17.5 Å². The van der Waals surface area contributed by atoms with Gasteiger partial charge in [0.1, 0.15) is 5.82 Å². The molecule has 0 aromatic heterocycles. The highest BCUT2D eigenvalue weighted by Gasteiger charge is 2.11. The van der Waals surface area contributed by atoms with E-state index in [0.29, 0.717) is 6.07 Å². The first kappa shape index (κ1) is 15.9. The maximum Gasteiger partial charge on any atom is 0.161 e. The maximum atomic E-state index is 13.5. The van der Waals surface area contributed by atoms with Gasteiger partial charge in [0, 0.05) is 29.1 Å². The predicted molar refractivity (Wildman–Crippen MR) is 79.8 cm³/mol. The molecule has 2 aromatic rings. The summed E-state index contributed by atoms with van der Waals surface area (Å²) in [5.74, 6) is -2.95. The van der Waals surface area contributed by atoms with Crippen LogP contribution < -0.4 is 5.32 Å². The highest BCUT2D eigenvalue weighted by atomic mass is 32.2. The van der Waals surface area contributed by atoms with E-state index in [2.05, 4.69) is 5.32 Å². The van der Waals surface area contributed by atoms with E-state index in [1.807, 2.05) is 37.4 Å². The van der Waals surface area contributed by atoms with E-state index in [9.17, 15) is 13.2 Å². The molecule has 0 aliphatic heterocycles. The van der Waals surface area contributed by atoms with Crippen LogP contribution in [-0.2, 0) is 6.54 Å². The lowest BCUT2D eigenvalue weighted by atomic mass is 10.1. The lowest BCUT2D eigenvalue weighted by Gasteiger charge is -2.15. The molecule has 1 N–H and O–H groups in total. The molecule has 5 heteroatoms. The second-order valence-electron chi connectivity index (χ2n) is 4.73. The number of hydrogen-bond donors (Lipinski definition) is 1. The minimum atomic E-state index is -1.17. The Morgan fingerprint density at radius 1 is 1.00 bits per heavy atom. The molecule has 0 spiro atoms. The molecule has 112 valence electrons. The van der Waals surface area contributed by atoms with Crippen LogP contribution in [0.1, 0.15) is 24.1 Å². The summed E-state index contributed by atoms with van der Waals surface area (Å²) in [7, 11) is 0. The van der Waals surface area contributed by atoms with Crippen LogP contribution >= 0.6 is 11.8 Å². The van der Waals surface area contributed by atoms with Gasteiger partial charge in [0.2, 0.25) is 0 Å². The molecule has 1 atom stereocenters. The van der Waals surface area contributed by atoms with Gasteiger partial charge in [-0.3, -0.25) is 0 Å². The molecule has 0 fully saturated rings. The van der Waals surface area contributed by atoms with Gasteiger partial charge in [0.05, 0.1) is 0 Å². The molecule has 21 heavy (non-hydrogen) atoms. The Hall–Kier alpha value is -1.46. The van der Waals surface area contributed by atoms with Gasteiger partial charge in [-0.25, -0.2) is 13.2 Å². The van der Waals surface area contributed by atoms with Gasteiger partial charge in [-0.2, -0.15) is 0 Å². The van der Waals surface area contributed by atoms with Crippen molar-refractivity contribution in [2.24, 2.45) is 0 Å². The fourth-order valence-corrected chi connectivity index (χ4v) is 2.38. The average molecular weight is 311 g/mol. The molecule has 2 rings (SSSR count). The van der Waals surface area contributed by atoms with E-state index in [1.165, 1.54) is 0 Å². The number of nitrogens with one attached hydrogen (secondary N) is 1. The van der Waals surface area contributed by atoms with E-state index in [0.717, 1.165) is 16.5 Å². The van der Waals surface area contributed by atoms with Crippen LogP contribution in [0.5, 0.6) is 0 Å². The van der Waals surface area contributed by atoms with E-state index in [1.54, 1.807) is 11.8 Å². The summed E-state index contributed by atoms with van der Waals surface area (Å²) >= 11 is 1.66. The zero-order valence-electron chi connectivity index (χ0n) is 11.8. The maximum absolute atomic E-state index is 13.5. The first-order chi connectivity index (χ1) is 10.0. The van der Waals surface area contributed by atoms with Crippen LogP contribution in [-0.4, -0.2) is 6.26 Å². The van der Waals surface area contributed by atoms with Gasteiger partial charge in [-0.1, -0.05) is 12.1 Å². The molecule has 0 bridgehead atoms. The summed E-state index contributed by atoms with van der Waals surface area (Å²) in [6.45, 7) is 2.07. The smallest absolute Gasteiger partial charge is 0.161 e. The Morgan fingerprint density at radius 2 is 1.62 bits per heavy atom. The van der Waals surface area contributed by atoms with E-state index in [4.69, 9.17) is 0 Å². The predicted octanol–water partition coefficient (Wildman–Crippen LogP) is 4.68. The molecule has 0 aliphatic rings. The highest BCUT2D eigenvalue weighted by Crippen LogP contribution is 2.20. The van der Waals surface area contributed by atoms with Gasteiger partial charge in [0.25, 0.3) is 0 Å². The average Bonchev–Trinajstić information content (AvgIpc) is 2.49. The van der Waals surface area contributed by atoms with Crippen molar-refractivity contribution in [2.75, 3.05) is 6.26 Å².